The Balaban J connectivity index is 1.78. The minimum atomic E-state index is -1.37. The molecule has 1 amide bonds. The molecule has 0 bridgehead atoms. The highest BCUT2D eigenvalue weighted by atomic mass is 32.2. The summed E-state index contributed by atoms with van der Waals surface area (Å²) in [5.41, 5.74) is 4.04. The zero-order chi connectivity index (χ0) is 24.2. The number of ether oxygens (including phenoxy) is 1. The van der Waals surface area contributed by atoms with E-state index in [1.165, 1.54) is 0 Å². The minimum Gasteiger partial charge on any atom is -0.548 e. The molecule has 1 aliphatic heterocycles. The Morgan fingerprint density at radius 1 is 1.26 bits per heavy atom. The van der Waals surface area contributed by atoms with E-state index in [1.54, 1.807) is 16.8 Å². The number of hydrogen-bond donors (Lipinski definition) is 0. The summed E-state index contributed by atoms with van der Waals surface area (Å²) in [6.45, 7) is 5.45. The molecular weight excluding hydrogens is 470 g/mol. The molecule has 172 valence electrons. The fraction of sp³-hybridized carbons (Fsp3) is 0.120. The van der Waals surface area contributed by atoms with E-state index in [-0.39, 0.29) is 4.32 Å². The number of thiocarbonyl (C=S) groups is 1. The average Bonchev–Trinajstić information content (AvgIpc) is 3.34. The van der Waals surface area contributed by atoms with Gasteiger partial charge in [0.2, 0.25) is 0 Å². The van der Waals surface area contributed by atoms with Crippen LogP contribution >= 0.6 is 24.0 Å². The van der Waals surface area contributed by atoms with Gasteiger partial charge in [-0.2, -0.15) is 5.10 Å². The summed E-state index contributed by atoms with van der Waals surface area (Å²) < 4.78 is 7.55. The number of aryl methyl sites for hydroxylation is 1. The molecule has 1 aromatic heterocycles. The van der Waals surface area contributed by atoms with Crippen LogP contribution in [0.3, 0.4) is 0 Å². The van der Waals surface area contributed by atoms with Crippen LogP contribution in [0.25, 0.3) is 23.0 Å². The smallest absolute Gasteiger partial charge is 0.266 e. The number of carbonyl (C=O) groups is 2. The number of aromatic nitrogens is 2. The number of carboxylic acid groups (broad SMARTS) is 1. The van der Waals surface area contributed by atoms with E-state index < -0.39 is 18.4 Å². The summed E-state index contributed by atoms with van der Waals surface area (Å²) in [5.74, 6) is -1.12. The summed E-state index contributed by atoms with van der Waals surface area (Å²) >= 11 is 6.26. The highest BCUT2D eigenvalue weighted by molar-refractivity contribution is 8.26. The molecule has 2 aromatic carbocycles. The lowest BCUT2D eigenvalue weighted by molar-refractivity contribution is -0.305. The van der Waals surface area contributed by atoms with E-state index in [4.69, 9.17) is 22.1 Å². The van der Waals surface area contributed by atoms with Gasteiger partial charge in [-0.25, -0.2) is 4.68 Å². The van der Waals surface area contributed by atoms with E-state index in [9.17, 15) is 14.7 Å². The number of benzene rings is 2. The Bertz CT molecular complexity index is 1310. The summed E-state index contributed by atoms with van der Waals surface area (Å²) in [5, 5.41) is 15.8. The molecule has 3 aromatic rings. The van der Waals surface area contributed by atoms with Crippen molar-refractivity contribution < 1.29 is 19.4 Å². The summed E-state index contributed by atoms with van der Waals surface area (Å²) in [6.07, 6.45) is 5.20. The predicted molar refractivity (Wildman–Crippen MR) is 134 cm³/mol. The third-order valence-electron chi connectivity index (χ3n) is 5.03. The van der Waals surface area contributed by atoms with Crippen molar-refractivity contribution in [2.45, 2.75) is 6.92 Å². The molecule has 1 fully saturated rings. The summed E-state index contributed by atoms with van der Waals surface area (Å²) in [4.78, 5) is 25.2. The monoisotopic (exact) mass is 490 g/mol. The van der Waals surface area contributed by atoms with Crippen LogP contribution < -0.4 is 9.84 Å². The van der Waals surface area contributed by atoms with Crippen LogP contribution in [0.15, 0.2) is 72.3 Å². The first kappa shape index (κ1) is 23.5. The van der Waals surface area contributed by atoms with Gasteiger partial charge in [-0.3, -0.25) is 9.69 Å². The number of hydrogen-bond acceptors (Lipinski definition) is 7. The van der Waals surface area contributed by atoms with Gasteiger partial charge in [0.25, 0.3) is 5.91 Å². The quantitative estimate of drug-likeness (QED) is 0.272. The van der Waals surface area contributed by atoms with Gasteiger partial charge in [-0.15, -0.1) is 0 Å². The standard InChI is InChI=1S/C25H21N3O4S2/c1-3-11-32-19-9-10-20(16(2)12-19)23-17(14-28(26-23)18-7-5-4-6-8-18)13-21-24(31)27(15-22(29)30)25(33)34-21/h3-10,12-14H,1,11,15H2,2H3,(H,29,30)/p-1/b21-13-. The molecule has 9 heteroatoms. The van der Waals surface area contributed by atoms with Crippen LogP contribution in [0, 0.1) is 6.92 Å². The second-order valence-electron chi connectivity index (χ2n) is 7.43. The van der Waals surface area contributed by atoms with Gasteiger partial charge in [0.05, 0.1) is 23.1 Å². The maximum absolute atomic E-state index is 12.8. The molecule has 2 heterocycles. The fourth-order valence-corrected chi connectivity index (χ4v) is 4.71. The van der Waals surface area contributed by atoms with E-state index in [0.29, 0.717) is 28.5 Å². The van der Waals surface area contributed by atoms with Gasteiger partial charge < -0.3 is 14.6 Å². The Hall–Kier alpha value is -3.69. The minimum absolute atomic E-state index is 0.178. The molecule has 1 aliphatic rings. The third kappa shape index (κ3) is 4.95. The summed E-state index contributed by atoms with van der Waals surface area (Å²) in [6, 6.07) is 15.3. The van der Waals surface area contributed by atoms with E-state index >= 15 is 0 Å². The van der Waals surface area contributed by atoms with Crippen LogP contribution in [0.2, 0.25) is 0 Å². The van der Waals surface area contributed by atoms with E-state index in [0.717, 1.165) is 33.5 Å². The van der Waals surface area contributed by atoms with Gasteiger partial charge in [0, 0.05) is 17.3 Å². The molecule has 1 saturated heterocycles. The molecule has 0 spiro atoms. The van der Waals surface area contributed by atoms with Gasteiger partial charge in [-0.1, -0.05) is 54.8 Å². The third-order valence-corrected chi connectivity index (χ3v) is 6.41. The van der Waals surface area contributed by atoms with Crippen molar-refractivity contribution in [3.63, 3.8) is 0 Å². The molecule has 0 aliphatic carbocycles. The van der Waals surface area contributed by atoms with E-state index in [2.05, 4.69) is 6.58 Å². The molecule has 34 heavy (non-hydrogen) atoms. The molecule has 0 saturated carbocycles. The number of thioether (sulfide) groups is 1. The number of aliphatic carboxylic acids is 1. The lowest BCUT2D eigenvalue weighted by Crippen LogP contribution is -2.40. The van der Waals surface area contributed by atoms with Crippen LogP contribution in [0.4, 0.5) is 0 Å². The van der Waals surface area contributed by atoms with Crippen LogP contribution in [-0.4, -0.2) is 44.0 Å². The second kappa shape index (κ2) is 10.1. The van der Waals surface area contributed by atoms with Crippen molar-refractivity contribution in [2.24, 2.45) is 0 Å². The maximum Gasteiger partial charge on any atom is 0.266 e. The SMILES string of the molecule is C=CCOc1ccc(-c2nn(-c3ccccc3)cc2/C=C2\SC(=S)N(CC(=O)[O-])C2=O)c(C)c1. The van der Waals surface area contributed by atoms with Crippen molar-refractivity contribution >= 4 is 46.3 Å². The van der Waals surface area contributed by atoms with Crippen molar-refractivity contribution in [3.05, 3.63) is 83.4 Å². The normalized spacial score (nSPS) is 14.6. The average molecular weight is 491 g/mol. The van der Waals surface area contributed by atoms with Gasteiger partial charge in [0.15, 0.2) is 0 Å². The number of carboxylic acids is 1. The lowest BCUT2D eigenvalue weighted by atomic mass is 10.0. The van der Waals surface area contributed by atoms with Crippen molar-refractivity contribution in [2.75, 3.05) is 13.2 Å². The number of nitrogens with zero attached hydrogens (tertiary/aromatic N) is 3. The number of carbonyl (C=O) groups excluding carboxylic acids is 2. The van der Waals surface area contributed by atoms with Crippen molar-refractivity contribution in [1.82, 2.24) is 14.7 Å². The number of rotatable bonds is 8. The van der Waals surface area contributed by atoms with Crippen molar-refractivity contribution in [1.29, 1.82) is 0 Å². The highest BCUT2D eigenvalue weighted by Crippen LogP contribution is 2.36. The van der Waals surface area contributed by atoms with E-state index in [1.807, 2.05) is 61.7 Å². The largest absolute Gasteiger partial charge is 0.548 e. The predicted octanol–water partition coefficient (Wildman–Crippen LogP) is 3.36. The van der Waals surface area contributed by atoms with Gasteiger partial charge >= 0.3 is 0 Å². The Morgan fingerprint density at radius 3 is 2.71 bits per heavy atom. The first-order chi connectivity index (χ1) is 16.4. The molecule has 0 N–H and O–H groups in total. The molecule has 7 nitrogen and oxygen atoms in total. The van der Waals surface area contributed by atoms with Crippen LogP contribution in [0.1, 0.15) is 11.1 Å². The Morgan fingerprint density at radius 2 is 2.03 bits per heavy atom. The van der Waals surface area contributed by atoms with Gasteiger partial charge in [-0.05, 0) is 48.9 Å². The second-order valence-corrected chi connectivity index (χ2v) is 9.11. The zero-order valence-corrected chi connectivity index (χ0v) is 19.9. The Kier molecular flexibility index (Phi) is 6.95. The number of para-hydroxylation sites is 1. The highest BCUT2D eigenvalue weighted by Gasteiger charge is 2.32. The first-order valence-corrected chi connectivity index (χ1v) is 11.5. The zero-order valence-electron chi connectivity index (χ0n) is 18.3. The molecular formula is C25H20N3O4S2-. The topological polar surface area (TPSA) is 87.5 Å². The van der Waals surface area contributed by atoms with Crippen molar-refractivity contribution in [3.8, 4) is 22.7 Å². The Labute approximate surface area is 206 Å². The lowest BCUT2D eigenvalue weighted by Gasteiger charge is -2.14. The number of amides is 1. The first-order valence-electron chi connectivity index (χ1n) is 10.3. The van der Waals surface area contributed by atoms with Crippen LogP contribution in [-0.2, 0) is 9.59 Å². The summed E-state index contributed by atoms with van der Waals surface area (Å²) in [7, 11) is 0. The van der Waals surface area contributed by atoms with Gasteiger partial charge in [0.1, 0.15) is 22.4 Å². The molecule has 0 radical (unpaired) electrons. The fourth-order valence-electron chi connectivity index (χ4n) is 3.47. The molecule has 0 atom stereocenters. The maximum atomic E-state index is 12.8. The van der Waals surface area contributed by atoms with Crippen LogP contribution in [0.5, 0.6) is 5.75 Å². The molecule has 0 unspecified atom stereocenters. The molecule has 4 rings (SSSR count).